The molecule has 2 saturated heterocycles. The quantitative estimate of drug-likeness (QED) is 0.901. The molecule has 3 heterocycles. The van der Waals surface area contributed by atoms with Gasteiger partial charge in [-0.3, -0.25) is 4.79 Å². The van der Waals surface area contributed by atoms with Crippen molar-refractivity contribution in [3.05, 3.63) is 42.7 Å². The van der Waals surface area contributed by atoms with E-state index in [4.69, 9.17) is 0 Å². The van der Waals surface area contributed by atoms with Gasteiger partial charge in [0.2, 0.25) is 11.9 Å². The van der Waals surface area contributed by atoms with Gasteiger partial charge in [-0.2, -0.15) is 0 Å². The van der Waals surface area contributed by atoms with Crippen molar-refractivity contribution in [2.24, 2.45) is 5.92 Å². The van der Waals surface area contributed by atoms with E-state index >= 15 is 0 Å². The molecule has 6 nitrogen and oxygen atoms in total. The molecule has 27 heavy (non-hydrogen) atoms. The number of carbonyl (C=O) groups is 1. The Labute approximate surface area is 160 Å². The highest BCUT2D eigenvalue weighted by Crippen LogP contribution is 2.24. The van der Waals surface area contributed by atoms with Crippen LogP contribution in [0.1, 0.15) is 32.1 Å². The van der Waals surface area contributed by atoms with Gasteiger partial charge in [0.05, 0.1) is 5.92 Å². The first-order valence-corrected chi connectivity index (χ1v) is 9.97. The highest BCUT2D eigenvalue weighted by molar-refractivity contribution is 5.93. The summed E-state index contributed by atoms with van der Waals surface area (Å²) in [6.45, 7) is 3.83. The number of rotatable bonds is 4. The zero-order valence-corrected chi connectivity index (χ0v) is 15.7. The monoisotopic (exact) mass is 365 g/mol. The molecule has 1 atom stereocenters. The number of aromatic nitrogens is 2. The average Bonchev–Trinajstić information content (AvgIpc) is 2.75. The van der Waals surface area contributed by atoms with Crippen LogP contribution in [0.3, 0.4) is 0 Å². The summed E-state index contributed by atoms with van der Waals surface area (Å²) in [5.74, 6) is 0.756. The second kappa shape index (κ2) is 8.37. The second-order valence-electron chi connectivity index (χ2n) is 7.42. The lowest BCUT2D eigenvalue weighted by molar-refractivity contribution is -0.120. The summed E-state index contributed by atoms with van der Waals surface area (Å²) >= 11 is 0. The van der Waals surface area contributed by atoms with E-state index in [1.54, 1.807) is 12.4 Å². The lowest BCUT2D eigenvalue weighted by atomic mass is 9.97. The molecule has 2 fully saturated rings. The summed E-state index contributed by atoms with van der Waals surface area (Å²) in [4.78, 5) is 25.9. The molecule has 1 N–H and O–H groups in total. The highest BCUT2D eigenvalue weighted by atomic mass is 16.1. The van der Waals surface area contributed by atoms with Gasteiger partial charge in [0, 0.05) is 49.9 Å². The van der Waals surface area contributed by atoms with E-state index in [9.17, 15) is 4.79 Å². The van der Waals surface area contributed by atoms with Crippen LogP contribution in [0, 0.1) is 5.92 Å². The number of amides is 1. The fourth-order valence-corrected chi connectivity index (χ4v) is 3.98. The molecule has 0 spiro atoms. The third kappa shape index (κ3) is 4.38. The number of hydrogen-bond donors (Lipinski definition) is 1. The van der Waals surface area contributed by atoms with Crippen molar-refractivity contribution in [3.8, 4) is 0 Å². The minimum atomic E-state index is -0.0377. The Kier molecular flexibility index (Phi) is 5.51. The van der Waals surface area contributed by atoms with Crippen LogP contribution in [-0.2, 0) is 4.79 Å². The Hall–Kier alpha value is -2.63. The molecule has 1 unspecified atom stereocenters. The SMILES string of the molecule is O=C(Nc1ccc(N2CCCCC2)cc1)C1CCCN(c2ncccn2)C1. The predicted molar refractivity (Wildman–Crippen MR) is 108 cm³/mol. The van der Waals surface area contributed by atoms with Crippen LogP contribution in [0.4, 0.5) is 17.3 Å². The van der Waals surface area contributed by atoms with Gasteiger partial charge < -0.3 is 15.1 Å². The zero-order valence-electron chi connectivity index (χ0n) is 15.7. The van der Waals surface area contributed by atoms with Gasteiger partial charge in [0.25, 0.3) is 0 Å². The van der Waals surface area contributed by atoms with Crippen molar-refractivity contribution in [1.29, 1.82) is 0 Å². The first-order valence-electron chi connectivity index (χ1n) is 9.97. The third-order valence-corrected chi connectivity index (χ3v) is 5.48. The maximum absolute atomic E-state index is 12.7. The van der Waals surface area contributed by atoms with Crippen molar-refractivity contribution in [3.63, 3.8) is 0 Å². The van der Waals surface area contributed by atoms with E-state index in [0.717, 1.165) is 38.2 Å². The number of nitrogens with zero attached hydrogens (tertiary/aromatic N) is 4. The molecule has 142 valence electrons. The maximum Gasteiger partial charge on any atom is 0.229 e. The first kappa shape index (κ1) is 17.8. The summed E-state index contributed by atoms with van der Waals surface area (Å²) in [5.41, 5.74) is 2.12. The van der Waals surface area contributed by atoms with Crippen molar-refractivity contribution in [2.75, 3.05) is 41.3 Å². The molecule has 0 bridgehead atoms. The largest absolute Gasteiger partial charge is 0.372 e. The number of piperidine rings is 2. The normalized spacial score (nSPS) is 20.4. The number of nitrogens with one attached hydrogen (secondary N) is 1. The number of benzene rings is 1. The fraction of sp³-hybridized carbons (Fsp3) is 0.476. The smallest absolute Gasteiger partial charge is 0.229 e. The molecular weight excluding hydrogens is 338 g/mol. The van der Waals surface area contributed by atoms with Crippen LogP contribution >= 0.6 is 0 Å². The molecule has 0 saturated carbocycles. The first-order chi connectivity index (χ1) is 13.3. The lowest BCUT2D eigenvalue weighted by Gasteiger charge is -2.32. The van der Waals surface area contributed by atoms with Crippen LogP contribution in [0.2, 0.25) is 0 Å². The van der Waals surface area contributed by atoms with Crippen LogP contribution in [0.5, 0.6) is 0 Å². The second-order valence-corrected chi connectivity index (χ2v) is 7.42. The summed E-state index contributed by atoms with van der Waals surface area (Å²) < 4.78 is 0. The van der Waals surface area contributed by atoms with Crippen molar-refractivity contribution in [1.82, 2.24) is 9.97 Å². The maximum atomic E-state index is 12.7. The molecule has 6 heteroatoms. The molecule has 1 amide bonds. The Morgan fingerprint density at radius 3 is 2.37 bits per heavy atom. The van der Waals surface area contributed by atoms with E-state index in [0.29, 0.717) is 12.5 Å². The van der Waals surface area contributed by atoms with Crippen LogP contribution in [0.25, 0.3) is 0 Å². The summed E-state index contributed by atoms with van der Waals surface area (Å²) in [5, 5.41) is 3.09. The van der Waals surface area contributed by atoms with E-state index in [1.165, 1.54) is 24.9 Å². The van der Waals surface area contributed by atoms with Gasteiger partial charge in [-0.25, -0.2) is 9.97 Å². The Morgan fingerprint density at radius 1 is 0.926 bits per heavy atom. The summed E-state index contributed by atoms with van der Waals surface area (Å²) in [6.07, 6.45) is 9.23. The Balaban J connectivity index is 1.35. The topological polar surface area (TPSA) is 61.4 Å². The molecule has 0 radical (unpaired) electrons. The molecule has 4 rings (SSSR count). The third-order valence-electron chi connectivity index (χ3n) is 5.48. The molecule has 2 aliphatic rings. The molecule has 2 aromatic rings. The fourth-order valence-electron chi connectivity index (χ4n) is 3.98. The number of hydrogen-bond acceptors (Lipinski definition) is 5. The standard InChI is InChI=1S/C21H27N5O/c27-20(17-6-4-15-26(16-17)21-22-11-5-12-23-21)24-18-7-9-19(10-8-18)25-13-2-1-3-14-25/h5,7-12,17H,1-4,6,13-16H2,(H,24,27). The summed E-state index contributed by atoms with van der Waals surface area (Å²) in [7, 11) is 0. The van der Waals surface area contributed by atoms with Gasteiger partial charge in [-0.1, -0.05) is 0 Å². The van der Waals surface area contributed by atoms with E-state index in [-0.39, 0.29) is 11.8 Å². The van der Waals surface area contributed by atoms with Crippen molar-refractivity contribution in [2.45, 2.75) is 32.1 Å². The minimum Gasteiger partial charge on any atom is -0.372 e. The molecule has 2 aliphatic heterocycles. The van der Waals surface area contributed by atoms with Crippen LogP contribution < -0.4 is 15.1 Å². The van der Waals surface area contributed by atoms with Crippen molar-refractivity contribution >= 4 is 23.2 Å². The van der Waals surface area contributed by atoms with Gasteiger partial charge in [0.1, 0.15) is 0 Å². The van der Waals surface area contributed by atoms with Crippen LogP contribution in [-0.4, -0.2) is 42.1 Å². The Bertz CT molecular complexity index is 743. The van der Waals surface area contributed by atoms with Crippen molar-refractivity contribution < 1.29 is 4.79 Å². The Morgan fingerprint density at radius 2 is 1.63 bits per heavy atom. The highest BCUT2D eigenvalue weighted by Gasteiger charge is 2.27. The molecule has 1 aromatic heterocycles. The number of anilines is 3. The molecule has 0 aliphatic carbocycles. The molecular formula is C21H27N5O. The van der Waals surface area contributed by atoms with Crippen LogP contribution in [0.15, 0.2) is 42.7 Å². The predicted octanol–water partition coefficient (Wildman–Crippen LogP) is 3.32. The zero-order chi connectivity index (χ0) is 18.5. The van der Waals surface area contributed by atoms with Gasteiger partial charge in [-0.15, -0.1) is 0 Å². The summed E-state index contributed by atoms with van der Waals surface area (Å²) in [6, 6.07) is 10.1. The lowest BCUT2D eigenvalue weighted by Crippen LogP contribution is -2.41. The number of carbonyl (C=O) groups excluding carboxylic acids is 1. The average molecular weight is 365 g/mol. The van der Waals surface area contributed by atoms with E-state index in [1.807, 2.05) is 18.2 Å². The van der Waals surface area contributed by atoms with E-state index < -0.39 is 0 Å². The van der Waals surface area contributed by atoms with Gasteiger partial charge in [-0.05, 0) is 62.4 Å². The van der Waals surface area contributed by atoms with E-state index in [2.05, 4.69) is 37.2 Å². The molecule has 1 aromatic carbocycles. The van der Waals surface area contributed by atoms with Gasteiger partial charge in [0.15, 0.2) is 0 Å². The van der Waals surface area contributed by atoms with Gasteiger partial charge >= 0.3 is 0 Å². The minimum absolute atomic E-state index is 0.0377.